The Kier molecular flexibility index (Phi) is 9.77. The fourth-order valence-corrected chi connectivity index (χ4v) is 7.58. The van der Waals surface area contributed by atoms with Crippen LogP contribution >= 0.6 is 0 Å². The van der Waals surface area contributed by atoms with Gasteiger partial charge in [-0.25, -0.2) is 4.98 Å². The molecule has 1 radical (unpaired) electrons. The predicted octanol–water partition coefficient (Wildman–Crippen LogP) is 11.3. The summed E-state index contributed by atoms with van der Waals surface area (Å²) in [5.74, 6) is 0.767. The summed E-state index contributed by atoms with van der Waals surface area (Å²) in [6.45, 7) is 13.5. The number of pyridine rings is 2. The smallest absolute Gasteiger partial charge is 0.155 e. The van der Waals surface area contributed by atoms with Crippen molar-refractivity contribution in [2.24, 2.45) is 0 Å². The van der Waals surface area contributed by atoms with Crippen LogP contribution in [0.25, 0.3) is 72.2 Å². The number of nitrogens with zero attached hydrogens (tertiary/aromatic N) is 4. The van der Waals surface area contributed by atoms with E-state index in [4.69, 9.17) is 14.4 Å². The minimum Gasteiger partial charge on any atom is -0.500 e. The average molecular weight is 885 g/mol. The van der Waals surface area contributed by atoms with Gasteiger partial charge < -0.3 is 14.0 Å². The normalized spacial score (nSPS) is 11.8. The number of aromatic nitrogens is 4. The van der Waals surface area contributed by atoms with Crippen molar-refractivity contribution in [3.8, 4) is 28.3 Å². The van der Waals surface area contributed by atoms with E-state index in [0.29, 0.717) is 0 Å². The molecule has 0 aliphatic rings. The molecule has 0 fully saturated rings. The Labute approximate surface area is 325 Å². The van der Waals surface area contributed by atoms with Crippen LogP contribution in [-0.2, 0) is 25.5 Å². The summed E-state index contributed by atoms with van der Waals surface area (Å²) in [4.78, 5) is 14.7. The summed E-state index contributed by atoms with van der Waals surface area (Å²) in [5, 5.41) is 5.80. The molecule has 53 heavy (non-hydrogen) atoms. The largest absolute Gasteiger partial charge is 0.500 e. The molecule has 9 rings (SSSR count). The van der Waals surface area contributed by atoms with Gasteiger partial charge in [0, 0.05) is 53.9 Å². The van der Waals surface area contributed by atoms with E-state index >= 15 is 0 Å². The van der Waals surface area contributed by atoms with Crippen LogP contribution in [0.5, 0.6) is 0 Å². The van der Waals surface area contributed by atoms with E-state index in [1.807, 2.05) is 54.7 Å². The van der Waals surface area contributed by atoms with Crippen LogP contribution in [-0.4, -0.2) is 27.6 Å². The van der Waals surface area contributed by atoms with Crippen molar-refractivity contribution in [1.82, 2.24) is 19.5 Å². The van der Waals surface area contributed by atoms with E-state index in [1.165, 1.54) is 5.19 Å². The molecule has 5 aromatic carbocycles. The zero-order valence-electron chi connectivity index (χ0n) is 30.7. The molecule has 0 amide bonds. The van der Waals surface area contributed by atoms with Crippen LogP contribution in [0.3, 0.4) is 0 Å². The molecule has 0 N–H and O–H groups in total. The van der Waals surface area contributed by atoms with Crippen molar-refractivity contribution < 1.29 is 24.5 Å². The number of hydrogen-bond acceptors (Lipinski definition) is 4. The van der Waals surface area contributed by atoms with Gasteiger partial charge >= 0.3 is 0 Å². The van der Waals surface area contributed by atoms with Gasteiger partial charge in [-0.3, -0.25) is 4.98 Å². The number of fused-ring (bicyclic) bond motifs is 6. The Bertz CT molecular complexity index is 2690. The predicted molar refractivity (Wildman–Crippen MR) is 218 cm³/mol. The van der Waals surface area contributed by atoms with Gasteiger partial charge in [0.05, 0.1) is 25.0 Å². The molecule has 0 aliphatic carbocycles. The van der Waals surface area contributed by atoms with Crippen LogP contribution in [0, 0.1) is 12.1 Å². The first kappa shape index (κ1) is 36.2. The van der Waals surface area contributed by atoms with Gasteiger partial charge in [0.25, 0.3) is 0 Å². The second-order valence-corrected chi connectivity index (χ2v) is 20.3. The third kappa shape index (κ3) is 7.00. The van der Waals surface area contributed by atoms with E-state index in [0.717, 1.165) is 77.9 Å². The maximum absolute atomic E-state index is 6.61. The Morgan fingerprint density at radius 3 is 2.13 bits per heavy atom. The standard InChI is InChI=1S/C32H24N3O.C14H16NSi.Ir/c1-32(2,3)27-19-18-26-31(34-27)35(21-11-5-4-6-12-21)30(33-26)25-15-9-14-23-24-17-16-20-10-7-8-13-22(20)28(24)36-29(23)25;1-16(2,3)13-9-10-14(15-11-13)12-7-5-4-6-8-12;/h4-14,16-19H,1-3H3;4-7,9-11H,1-3H3;/q2*-1;. The fourth-order valence-electron chi connectivity index (χ4n) is 6.55. The molecule has 0 unspecified atom stereocenters. The molecule has 0 saturated heterocycles. The molecule has 0 aliphatic heterocycles. The number of imidazole rings is 1. The number of hydrogen-bond donors (Lipinski definition) is 0. The molecule has 5 nitrogen and oxygen atoms in total. The number of rotatable bonds is 4. The molecule has 0 saturated carbocycles. The number of benzene rings is 5. The maximum atomic E-state index is 6.61. The summed E-state index contributed by atoms with van der Waals surface area (Å²) in [5.41, 5.74) is 8.18. The SMILES string of the molecule is CC(C)(C)c1ccc2nc(-c3[c-]ccc4c3oc3c5ccccc5ccc43)n(-c3ccccc3)c2n1.C[Si](C)(C)c1ccc(-c2[c-]cccc2)nc1.[Ir]. The monoisotopic (exact) mass is 885 g/mol. The van der Waals surface area contributed by atoms with E-state index < -0.39 is 8.07 Å². The van der Waals surface area contributed by atoms with Crippen LogP contribution in [0.2, 0.25) is 19.6 Å². The third-order valence-electron chi connectivity index (χ3n) is 9.45. The minimum atomic E-state index is -1.23. The molecule has 4 aromatic heterocycles. The summed E-state index contributed by atoms with van der Waals surface area (Å²) in [6, 6.07) is 50.0. The van der Waals surface area contributed by atoms with Gasteiger partial charge in [-0.1, -0.05) is 118 Å². The Morgan fingerprint density at radius 1 is 0.660 bits per heavy atom. The second kappa shape index (κ2) is 14.3. The molecular weight excluding hydrogens is 845 g/mol. The van der Waals surface area contributed by atoms with Crippen LogP contribution < -0.4 is 5.19 Å². The molecule has 9 aromatic rings. The molecule has 265 valence electrons. The van der Waals surface area contributed by atoms with Gasteiger partial charge in [0.2, 0.25) is 0 Å². The summed E-state index contributed by atoms with van der Waals surface area (Å²) in [6.07, 6.45) is 2.02. The quantitative estimate of drug-likeness (QED) is 0.131. The third-order valence-corrected chi connectivity index (χ3v) is 11.5. The molecule has 7 heteroatoms. The van der Waals surface area contributed by atoms with E-state index in [2.05, 4.69) is 141 Å². The van der Waals surface area contributed by atoms with Crippen LogP contribution in [0.15, 0.2) is 138 Å². The zero-order valence-corrected chi connectivity index (χ0v) is 34.1. The van der Waals surface area contributed by atoms with Crippen LogP contribution in [0.1, 0.15) is 26.5 Å². The van der Waals surface area contributed by atoms with Crippen molar-refractivity contribution in [1.29, 1.82) is 0 Å². The fraction of sp³-hybridized carbons (Fsp3) is 0.152. The Morgan fingerprint density at radius 2 is 1.42 bits per heavy atom. The summed E-state index contributed by atoms with van der Waals surface area (Å²) >= 11 is 0. The van der Waals surface area contributed by atoms with Gasteiger partial charge in [-0.2, -0.15) is 0 Å². The molecular formula is C46H40IrN4OSi-2. The van der Waals surface area contributed by atoms with Gasteiger partial charge in [-0.15, -0.1) is 54.1 Å². The van der Waals surface area contributed by atoms with E-state index in [9.17, 15) is 0 Å². The topological polar surface area (TPSA) is 56.7 Å². The van der Waals surface area contributed by atoms with Crippen molar-refractivity contribution in [2.75, 3.05) is 0 Å². The molecule has 0 spiro atoms. The van der Waals surface area contributed by atoms with Crippen molar-refractivity contribution >= 4 is 57.1 Å². The van der Waals surface area contributed by atoms with Crippen molar-refractivity contribution in [2.45, 2.75) is 45.8 Å². The van der Waals surface area contributed by atoms with Crippen molar-refractivity contribution in [3.63, 3.8) is 0 Å². The molecule has 0 atom stereocenters. The van der Waals surface area contributed by atoms with Gasteiger partial charge in [0.15, 0.2) is 5.65 Å². The summed E-state index contributed by atoms with van der Waals surface area (Å²) < 4.78 is 8.74. The van der Waals surface area contributed by atoms with E-state index in [-0.39, 0.29) is 25.5 Å². The molecule has 0 bridgehead atoms. The van der Waals surface area contributed by atoms with Gasteiger partial charge in [0.1, 0.15) is 5.58 Å². The Hall–Kier alpha value is -5.20. The van der Waals surface area contributed by atoms with E-state index in [1.54, 1.807) is 0 Å². The first-order valence-electron chi connectivity index (χ1n) is 17.7. The average Bonchev–Trinajstić information content (AvgIpc) is 3.74. The zero-order chi connectivity index (χ0) is 36.0. The first-order valence-corrected chi connectivity index (χ1v) is 21.2. The molecule has 4 heterocycles. The van der Waals surface area contributed by atoms with Crippen LogP contribution in [0.4, 0.5) is 0 Å². The number of para-hydroxylation sites is 1. The van der Waals surface area contributed by atoms with Crippen molar-refractivity contribution in [3.05, 3.63) is 151 Å². The maximum Gasteiger partial charge on any atom is 0.155 e. The minimum absolute atomic E-state index is 0. The Balaban J connectivity index is 0.000000216. The second-order valence-electron chi connectivity index (χ2n) is 15.2. The first-order chi connectivity index (χ1) is 25.1. The number of furan rings is 1. The van der Waals surface area contributed by atoms with Gasteiger partial charge in [-0.05, 0) is 40.5 Å². The summed E-state index contributed by atoms with van der Waals surface area (Å²) in [7, 11) is -1.23.